The number of ether oxygens (including phenoxy) is 4. The van der Waals surface area contributed by atoms with Gasteiger partial charge in [0, 0.05) is 11.6 Å². The molecule has 0 bridgehead atoms. The lowest BCUT2D eigenvalue weighted by molar-refractivity contribution is -0.228. The van der Waals surface area contributed by atoms with Crippen molar-refractivity contribution in [2.24, 2.45) is 0 Å². The molecule has 1 unspecified atom stereocenters. The zero-order valence-corrected chi connectivity index (χ0v) is 15.8. The largest absolute Gasteiger partial charge is 0.497 e. The van der Waals surface area contributed by atoms with E-state index in [-0.39, 0.29) is 13.2 Å². The van der Waals surface area contributed by atoms with Gasteiger partial charge in [0.05, 0.1) is 27.4 Å². The number of hydrogen-bond donors (Lipinski definition) is 2. The number of rotatable bonds is 7. The molecule has 1 aliphatic rings. The molecular formula is C18H21O8P. The quantitative estimate of drug-likeness (QED) is 0.689. The average Bonchev–Trinajstić information content (AvgIpc) is 3.16. The summed E-state index contributed by atoms with van der Waals surface area (Å²) in [5.41, 5.74) is 0.947. The molecule has 3 rings (SSSR count). The van der Waals surface area contributed by atoms with Gasteiger partial charge in [-0.05, 0) is 17.7 Å². The molecule has 2 N–H and O–H groups in total. The maximum absolute atomic E-state index is 11.7. The smallest absolute Gasteiger partial charge is 0.470 e. The lowest BCUT2D eigenvalue weighted by atomic mass is 9.94. The Morgan fingerprint density at radius 1 is 1.00 bits per heavy atom. The first kappa shape index (κ1) is 19.8. The van der Waals surface area contributed by atoms with Crippen LogP contribution in [0, 0.1) is 0 Å². The zero-order valence-electron chi connectivity index (χ0n) is 14.9. The molecule has 1 saturated heterocycles. The van der Waals surface area contributed by atoms with Gasteiger partial charge in [0.1, 0.15) is 11.5 Å². The van der Waals surface area contributed by atoms with Crippen LogP contribution < -0.4 is 9.47 Å². The zero-order chi connectivity index (χ0) is 19.5. The van der Waals surface area contributed by atoms with Crippen molar-refractivity contribution < 1.29 is 37.8 Å². The summed E-state index contributed by atoms with van der Waals surface area (Å²) in [6.45, 7) is 0.459. The lowest BCUT2D eigenvalue weighted by Crippen LogP contribution is -2.36. The van der Waals surface area contributed by atoms with Gasteiger partial charge >= 0.3 is 7.82 Å². The van der Waals surface area contributed by atoms with Crippen molar-refractivity contribution in [1.82, 2.24) is 0 Å². The average molecular weight is 396 g/mol. The number of methoxy groups -OCH3 is 2. The highest BCUT2D eigenvalue weighted by molar-refractivity contribution is 7.46. The van der Waals surface area contributed by atoms with Crippen molar-refractivity contribution in [3.8, 4) is 11.5 Å². The highest BCUT2D eigenvalue weighted by atomic mass is 31.2. The second kappa shape index (κ2) is 7.98. The van der Waals surface area contributed by atoms with E-state index in [0.717, 1.165) is 0 Å². The van der Waals surface area contributed by atoms with Gasteiger partial charge < -0.3 is 28.7 Å². The first-order valence-electron chi connectivity index (χ1n) is 8.18. The van der Waals surface area contributed by atoms with Crippen molar-refractivity contribution in [2.45, 2.75) is 11.9 Å². The topological polar surface area (TPSA) is 104 Å². The van der Waals surface area contributed by atoms with Crippen LogP contribution in [0.15, 0.2) is 48.5 Å². The van der Waals surface area contributed by atoms with Crippen LogP contribution in [0.25, 0.3) is 0 Å². The van der Waals surface area contributed by atoms with E-state index in [1.807, 2.05) is 0 Å². The molecule has 27 heavy (non-hydrogen) atoms. The molecule has 1 fully saturated rings. The van der Waals surface area contributed by atoms with Gasteiger partial charge in [0.15, 0.2) is 6.10 Å². The third-order valence-corrected chi connectivity index (χ3v) is 4.65. The van der Waals surface area contributed by atoms with Crippen LogP contribution in [-0.4, -0.2) is 37.2 Å². The van der Waals surface area contributed by atoms with Gasteiger partial charge in [-0.3, -0.25) is 4.52 Å². The molecule has 146 valence electrons. The molecule has 1 heterocycles. The number of benzene rings is 2. The summed E-state index contributed by atoms with van der Waals surface area (Å²) >= 11 is 0. The summed E-state index contributed by atoms with van der Waals surface area (Å²) in [5, 5.41) is 0. The highest BCUT2D eigenvalue weighted by Gasteiger charge is 2.50. The summed E-state index contributed by atoms with van der Waals surface area (Å²) in [5.74, 6) is -0.624. The summed E-state index contributed by atoms with van der Waals surface area (Å²) in [4.78, 5) is 19.0. The number of phosphoric acid groups is 1. The van der Waals surface area contributed by atoms with Gasteiger partial charge in [-0.25, -0.2) is 4.57 Å². The van der Waals surface area contributed by atoms with E-state index in [1.54, 1.807) is 48.5 Å². The second-order valence-corrected chi connectivity index (χ2v) is 7.04. The molecule has 2 aromatic rings. The monoisotopic (exact) mass is 396 g/mol. The Balaban J connectivity index is 2.17. The standard InChI is InChI=1S/C18H21O8P/c1-22-15-10-14(11-16(12-15)23-2)18(24-8-9-25-18)17(26-27(19,20)21)13-6-4-3-5-7-13/h3-7,10-12,17H,8-9H2,1-2H3,(H2,19,20,21). The molecule has 1 aliphatic heterocycles. The predicted octanol–water partition coefficient (Wildman–Crippen LogP) is 2.75. The Kier molecular flexibility index (Phi) is 5.86. The van der Waals surface area contributed by atoms with Gasteiger partial charge in [-0.2, -0.15) is 0 Å². The minimum Gasteiger partial charge on any atom is -0.497 e. The first-order valence-corrected chi connectivity index (χ1v) is 9.71. The van der Waals surface area contributed by atoms with Crippen molar-refractivity contribution in [3.63, 3.8) is 0 Å². The van der Waals surface area contributed by atoms with Gasteiger partial charge in [0.2, 0.25) is 5.79 Å². The molecule has 1 atom stereocenters. The van der Waals surface area contributed by atoms with E-state index in [9.17, 15) is 14.4 Å². The van der Waals surface area contributed by atoms with Crippen LogP contribution in [0.1, 0.15) is 17.2 Å². The van der Waals surface area contributed by atoms with Crippen LogP contribution >= 0.6 is 7.82 Å². The molecule has 0 spiro atoms. The van der Waals surface area contributed by atoms with Crippen molar-refractivity contribution in [2.75, 3.05) is 27.4 Å². The fourth-order valence-electron chi connectivity index (χ4n) is 3.02. The third kappa shape index (κ3) is 4.32. The molecule has 0 saturated carbocycles. The van der Waals surface area contributed by atoms with E-state index >= 15 is 0 Å². The molecule has 0 radical (unpaired) electrons. The number of hydrogen-bond acceptors (Lipinski definition) is 6. The van der Waals surface area contributed by atoms with E-state index in [0.29, 0.717) is 22.6 Å². The van der Waals surface area contributed by atoms with Crippen LogP contribution in [0.2, 0.25) is 0 Å². The summed E-state index contributed by atoms with van der Waals surface area (Å²) in [6.07, 6.45) is -1.22. The molecule has 2 aromatic carbocycles. The maximum atomic E-state index is 11.7. The third-order valence-electron chi connectivity index (χ3n) is 4.16. The highest BCUT2D eigenvalue weighted by Crippen LogP contribution is 2.53. The van der Waals surface area contributed by atoms with Crippen LogP contribution in [0.4, 0.5) is 0 Å². The van der Waals surface area contributed by atoms with E-state index in [4.69, 9.17) is 23.5 Å². The van der Waals surface area contributed by atoms with Gasteiger partial charge in [0.25, 0.3) is 0 Å². The Morgan fingerprint density at radius 2 is 1.56 bits per heavy atom. The first-order chi connectivity index (χ1) is 12.9. The van der Waals surface area contributed by atoms with Gasteiger partial charge in [-0.15, -0.1) is 0 Å². The van der Waals surface area contributed by atoms with E-state index in [1.165, 1.54) is 14.2 Å². The van der Waals surface area contributed by atoms with E-state index < -0.39 is 19.7 Å². The molecule has 8 nitrogen and oxygen atoms in total. The maximum Gasteiger partial charge on any atom is 0.470 e. The predicted molar refractivity (Wildman–Crippen MR) is 95.4 cm³/mol. The van der Waals surface area contributed by atoms with Crippen LogP contribution in [0.3, 0.4) is 0 Å². The van der Waals surface area contributed by atoms with Crippen molar-refractivity contribution >= 4 is 7.82 Å². The minimum absolute atomic E-state index is 0.230. The molecule has 0 aromatic heterocycles. The SMILES string of the molecule is COc1cc(OC)cc(C2(C(OP(=O)(O)O)c3ccccc3)OCCO2)c1. The fraction of sp³-hybridized carbons (Fsp3) is 0.333. The summed E-state index contributed by atoms with van der Waals surface area (Å²) < 4.78 is 39.2. The van der Waals surface area contributed by atoms with E-state index in [2.05, 4.69) is 0 Å². The molecule has 0 aliphatic carbocycles. The minimum atomic E-state index is -4.86. The Bertz CT molecular complexity index is 791. The molecular weight excluding hydrogens is 375 g/mol. The van der Waals surface area contributed by atoms with Crippen LogP contribution in [0.5, 0.6) is 11.5 Å². The summed E-state index contributed by atoms with van der Waals surface area (Å²) in [6, 6.07) is 13.6. The van der Waals surface area contributed by atoms with Crippen LogP contribution in [-0.2, 0) is 24.3 Å². The summed E-state index contributed by atoms with van der Waals surface area (Å²) in [7, 11) is -1.86. The molecule has 9 heteroatoms. The second-order valence-electron chi connectivity index (χ2n) is 5.85. The Hall–Kier alpha value is -1.93. The van der Waals surface area contributed by atoms with Gasteiger partial charge in [-0.1, -0.05) is 30.3 Å². The normalized spacial score (nSPS) is 17.5. The molecule has 0 amide bonds. The number of phosphoric ester groups is 1. The Morgan fingerprint density at radius 3 is 2.04 bits per heavy atom. The van der Waals surface area contributed by atoms with Crippen molar-refractivity contribution in [1.29, 1.82) is 0 Å². The Labute approximate surface area is 156 Å². The fourth-order valence-corrected chi connectivity index (χ4v) is 3.56. The van der Waals surface area contributed by atoms with Crippen molar-refractivity contribution in [3.05, 3.63) is 59.7 Å². The lowest BCUT2D eigenvalue weighted by Gasteiger charge is -2.36.